The van der Waals surface area contributed by atoms with Crippen molar-refractivity contribution in [3.8, 4) is 5.75 Å². The lowest BCUT2D eigenvalue weighted by Crippen LogP contribution is -1.96. The topological polar surface area (TPSA) is 74.6 Å². The summed E-state index contributed by atoms with van der Waals surface area (Å²) in [6.45, 7) is 0. The van der Waals surface area contributed by atoms with E-state index in [-0.39, 0.29) is 22.7 Å². The SMILES string of the molecule is O=C(O)c1ccc(C=CC(=O)c2cc(Br)ccc2O)cc1. The van der Waals surface area contributed by atoms with Gasteiger partial charge in [-0.3, -0.25) is 4.79 Å². The Morgan fingerprint density at radius 2 is 1.71 bits per heavy atom. The van der Waals surface area contributed by atoms with Crippen molar-refractivity contribution in [2.45, 2.75) is 0 Å². The van der Waals surface area contributed by atoms with Crippen LogP contribution in [0.3, 0.4) is 0 Å². The third kappa shape index (κ3) is 3.79. The van der Waals surface area contributed by atoms with Crippen LogP contribution in [0.25, 0.3) is 6.08 Å². The van der Waals surface area contributed by atoms with Gasteiger partial charge in [-0.05, 0) is 42.0 Å². The Balaban J connectivity index is 2.18. The highest BCUT2D eigenvalue weighted by Crippen LogP contribution is 2.22. The molecule has 2 rings (SSSR count). The van der Waals surface area contributed by atoms with Crippen LogP contribution in [0, 0.1) is 0 Å². The molecule has 0 aliphatic rings. The van der Waals surface area contributed by atoms with E-state index in [0.717, 1.165) is 0 Å². The lowest BCUT2D eigenvalue weighted by Gasteiger charge is -2.01. The smallest absolute Gasteiger partial charge is 0.335 e. The molecule has 0 radical (unpaired) electrons. The molecule has 21 heavy (non-hydrogen) atoms. The standard InChI is InChI=1S/C16H11BrO4/c17-12-6-8-15(19)13(9-12)14(18)7-3-10-1-4-11(5-2-10)16(20)21/h1-9,19H,(H,20,21). The maximum atomic E-state index is 12.0. The van der Waals surface area contributed by atoms with E-state index >= 15 is 0 Å². The van der Waals surface area contributed by atoms with Gasteiger partial charge in [0.1, 0.15) is 5.75 Å². The Morgan fingerprint density at radius 3 is 2.33 bits per heavy atom. The monoisotopic (exact) mass is 346 g/mol. The number of benzene rings is 2. The summed E-state index contributed by atoms with van der Waals surface area (Å²) in [5.41, 5.74) is 1.08. The van der Waals surface area contributed by atoms with E-state index in [2.05, 4.69) is 15.9 Å². The molecular formula is C16H11BrO4. The van der Waals surface area contributed by atoms with E-state index in [0.29, 0.717) is 10.0 Å². The second-order valence-corrected chi connectivity index (χ2v) is 5.20. The number of phenolic OH excluding ortho intramolecular Hbond substituents is 1. The van der Waals surface area contributed by atoms with Crippen LogP contribution >= 0.6 is 15.9 Å². The summed E-state index contributed by atoms with van der Waals surface area (Å²) in [7, 11) is 0. The summed E-state index contributed by atoms with van der Waals surface area (Å²) in [4.78, 5) is 22.7. The first-order valence-corrected chi connectivity index (χ1v) is 6.81. The van der Waals surface area contributed by atoms with Gasteiger partial charge in [0.25, 0.3) is 0 Å². The van der Waals surface area contributed by atoms with Gasteiger partial charge in [0.05, 0.1) is 11.1 Å². The summed E-state index contributed by atoms with van der Waals surface area (Å²) in [5.74, 6) is -1.43. The number of rotatable bonds is 4. The second kappa shape index (κ2) is 6.37. The van der Waals surface area contributed by atoms with Crippen molar-refractivity contribution in [2.24, 2.45) is 0 Å². The average molecular weight is 347 g/mol. The number of carboxylic acid groups (broad SMARTS) is 1. The molecule has 0 amide bonds. The molecule has 2 aromatic rings. The van der Waals surface area contributed by atoms with E-state index in [1.807, 2.05) is 0 Å². The highest BCUT2D eigenvalue weighted by Gasteiger charge is 2.08. The first kappa shape index (κ1) is 15.0. The normalized spacial score (nSPS) is 10.7. The van der Waals surface area contributed by atoms with E-state index in [1.165, 1.54) is 30.3 Å². The van der Waals surface area contributed by atoms with Crippen LogP contribution in [0.4, 0.5) is 0 Å². The molecule has 2 N–H and O–H groups in total. The Bertz CT molecular complexity index is 718. The first-order valence-electron chi connectivity index (χ1n) is 6.01. The van der Waals surface area contributed by atoms with Gasteiger partial charge in [-0.15, -0.1) is 0 Å². The fourth-order valence-corrected chi connectivity index (χ4v) is 2.07. The molecule has 0 spiro atoms. The van der Waals surface area contributed by atoms with Gasteiger partial charge in [-0.1, -0.05) is 34.1 Å². The van der Waals surface area contributed by atoms with Crippen molar-refractivity contribution in [2.75, 3.05) is 0 Å². The molecule has 2 aromatic carbocycles. The molecule has 5 heteroatoms. The second-order valence-electron chi connectivity index (χ2n) is 4.29. The van der Waals surface area contributed by atoms with Crippen molar-refractivity contribution in [3.05, 3.63) is 69.7 Å². The molecule has 106 valence electrons. The van der Waals surface area contributed by atoms with Gasteiger partial charge in [0, 0.05) is 4.47 Å². The Hall–Kier alpha value is -2.40. The molecular weight excluding hydrogens is 336 g/mol. The van der Waals surface area contributed by atoms with Gasteiger partial charge < -0.3 is 10.2 Å². The zero-order chi connectivity index (χ0) is 15.4. The summed E-state index contributed by atoms with van der Waals surface area (Å²) in [6.07, 6.45) is 2.89. The predicted molar refractivity (Wildman–Crippen MR) is 82.6 cm³/mol. The number of hydrogen-bond acceptors (Lipinski definition) is 3. The highest BCUT2D eigenvalue weighted by atomic mass is 79.9. The largest absolute Gasteiger partial charge is 0.507 e. The third-order valence-corrected chi connectivity index (χ3v) is 3.30. The van der Waals surface area contributed by atoms with Gasteiger partial charge >= 0.3 is 5.97 Å². The fraction of sp³-hybridized carbons (Fsp3) is 0. The quantitative estimate of drug-likeness (QED) is 0.653. The predicted octanol–water partition coefficient (Wildman–Crippen LogP) is 3.75. The van der Waals surface area contributed by atoms with Gasteiger partial charge in [0.2, 0.25) is 0 Å². The number of hydrogen-bond donors (Lipinski definition) is 2. The van der Waals surface area contributed by atoms with Crippen molar-refractivity contribution < 1.29 is 19.8 Å². The van der Waals surface area contributed by atoms with Crippen LogP contribution in [0.5, 0.6) is 5.75 Å². The molecule has 4 nitrogen and oxygen atoms in total. The van der Waals surface area contributed by atoms with Crippen LogP contribution in [0.2, 0.25) is 0 Å². The molecule has 0 fully saturated rings. The number of aromatic carboxylic acids is 1. The number of carbonyl (C=O) groups is 2. The summed E-state index contributed by atoms with van der Waals surface area (Å²) < 4.78 is 0.697. The summed E-state index contributed by atoms with van der Waals surface area (Å²) >= 11 is 3.24. The molecule has 0 aromatic heterocycles. The van der Waals surface area contributed by atoms with Crippen LogP contribution in [0.15, 0.2) is 53.0 Å². The molecule has 0 saturated carbocycles. The lowest BCUT2D eigenvalue weighted by molar-refractivity contribution is 0.0696. The lowest BCUT2D eigenvalue weighted by atomic mass is 10.1. The molecule has 0 bridgehead atoms. The van der Waals surface area contributed by atoms with Crippen LogP contribution in [-0.2, 0) is 0 Å². The van der Waals surface area contributed by atoms with Crippen molar-refractivity contribution in [1.82, 2.24) is 0 Å². The fourth-order valence-electron chi connectivity index (χ4n) is 1.70. The molecule has 0 saturated heterocycles. The maximum absolute atomic E-state index is 12.0. The van der Waals surface area contributed by atoms with E-state index in [4.69, 9.17) is 5.11 Å². The zero-order valence-corrected chi connectivity index (χ0v) is 12.4. The molecule has 0 unspecified atom stereocenters. The Labute approximate surface area is 129 Å². The zero-order valence-electron chi connectivity index (χ0n) is 10.8. The van der Waals surface area contributed by atoms with Crippen molar-refractivity contribution >= 4 is 33.8 Å². The minimum Gasteiger partial charge on any atom is -0.507 e. The van der Waals surface area contributed by atoms with Crippen LogP contribution in [-0.4, -0.2) is 22.0 Å². The summed E-state index contributed by atoms with van der Waals surface area (Å²) in [6, 6.07) is 10.7. The number of carboxylic acids is 1. The summed E-state index contributed by atoms with van der Waals surface area (Å²) in [5, 5.41) is 18.5. The van der Waals surface area contributed by atoms with E-state index in [9.17, 15) is 14.7 Å². The first-order chi connectivity index (χ1) is 9.97. The minimum atomic E-state index is -0.999. The minimum absolute atomic E-state index is 0.0888. The Kier molecular flexibility index (Phi) is 4.55. The number of ketones is 1. The Morgan fingerprint density at radius 1 is 1.05 bits per heavy atom. The number of phenols is 1. The van der Waals surface area contributed by atoms with Crippen molar-refractivity contribution in [1.29, 1.82) is 0 Å². The molecule has 0 heterocycles. The number of halogens is 1. The maximum Gasteiger partial charge on any atom is 0.335 e. The number of carbonyl (C=O) groups excluding carboxylic acids is 1. The van der Waals surface area contributed by atoms with E-state index < -0.39 is 5.97 Å². The van der Waals surface area contributed by atoms with Crippen molar-refractivity contribution in [3.63, 3.8) is 0 Å². The molecule has 0 aliphatic heterocycles. The van der Waals surface area contributed by atoms with Gasteiger partial charge in [-0.25, -0.2) is 4.79 Å². The number of allylic oxidation sites excluding steroid dienone is 1. The number of aromatic hydroxyl groups is 1. The van der Waals surface area contributed by atoms with Gasteiger partial charge in [-0.2, -0.15) is 0 Å². The highest BCUT2D eigenvalue weighted by molar-refractivity contribution is 9.10. The third-order valence-electron chi connectivity index (χ3n) is 2.81. The van der Waals surface area contributed by atoms with E-state index in [1.54, 1.807) is 24.3 Å². The molecule has 0 atom stereocenters. The van der Waals surface area contributed by atoms with Gasteiger partial charge in [0.15, 0.2) is 5.78 Å². The average Bonchev–Trinajstić information content (AvgIpc) is 2.47. The van der Waals surface area contributed by atoms with Crippen LogP contribution in [0.1, 0.15) is 26.3 Å². The molecule has 0 aliphatic carbocycles. The van der Waals surface area contributed by atoms with Crippen LogP contribution < -0.4 is 0 Å².